The lowest BCUT2D eigenvalue weighted by molar-refractivity contribution is -0.143. The van der Waals surface area contributed by atoms with Gasteiger partial charge in [0.25, 0.3) is 0 Å². The molecular weight excluding hydrogens is 464 g/mol. The third-order valence-corrected chi connectivity index (χ3v) is 8.10. The summed E-state index contributed by atoms with van der Waals surface area (Å²) in [5.74, 6) is -0.109. The van der Waals surface area contributed by atoms with Gasteiger partial charge in [0, 0.05) is 37.7 Å². The number of likely N-dealkylation sites (tertiary alicyclic amines) is 1. The maximum atomic E-state index is 12.4. The van der Waals surface area contributed by atoms with Crippen molar-refractivity contribution in [1.29, 1.82) is 0 Å². The number of nitrogens with zero attached hydrogens (tertiary/aromatic N) is 2. The number of unbranched alkanes of at least 4 members (excludes halogenated alkanes) is 1. The molecule has 200 valence electrons. The fourth-order valence-corrected chi connectivity index (χ4v) is 5.76. The molecule has 2 aromatic rings. The first-order valence-corrected chi connectivity index (χ1v) is 14.3. The van der Waals surface area contributed by atoms with Gasteiger partial charge < -0.3 is 14.6 Å². The van der Waals surface area contributed by atoms with E-state index < -0.39 is 12.0 Å². The van der Waals surface area contributed by atoms with Crippen molar-refractivity contribution in [3.63, 3.8) is 0 Å². The maximum Gasteiger partial charge on any atom is 0.325 e. The van der Waals surface area contributed by atoms with Crippen LogP contribution in [0.2, 0.25) is 0 Å². The molecule has 37 heavy (non-hydrogen) atoms. The predicted octanol–water partition coefficient (Wildman–Crippen LogP) is 5.43. The lowest BCUT2D eigenvalue weighted by Crippen LogP contribution is -2.34. The lowest BCUT2D eigenvalue weighted by Gasteiger charge is -2.27. The summed E-state index contributed by atoms with van der Waals surface area (Å²) in [5, 5.41) is 10.2. The number of carbonyl (C=O) groups is 1. The second-order valence-electron chi connectivity index (χ2n) is 11.3. The van der Waals surface area contributed by atoms with E-state index in [1.807, 2.05) is 25.1 Å². The summed E-state index contributed by atoms with van der Waals surface area (Å²) < 4.78 is 12.1. The number of carboxylic acids is 1. The number of hydrogen-bond donors (Lipinski definition) is 1. The van der Waals surface area contributed by atoms with Gasteiger partial charge in [-0.2, -0.15) is 0 Å². The Morgan fingerprint density at radius 2 is 2.00 bits per heavy atom. The fourth-order valence-electron chi connectivity index (χ4n) is 5.76. The molecule has 2 heterocycles. The lowest BCUT2D eigenvalue weighted by atomic mass is 9.95. The van der Waals surface area contributed by atoms with Crippen LogP contribution in [-0.4, -0.2) is 53.4 Å². The van der Waals surface area contributed by atoms with Crippen molar-refractivity contribution in [1.82, 2.24) is 9.88 Å². The molecule has 2 aliphatic carbocycles. The van der Waals surface area contributed by atoms with Crippen LogP contribution in [0.15, 0.2) is 30.3 Å². The molecule has 0 unspecified atom stereocenters. The van der Waals surface area contributed by atoms with Crippen LogP contribution in [0.4, 0.5) is 0 Å². The number of fused-ring (bicyclic) bond motifs is 1. The van der Waals surface area contributed by atoms with E-state index in [-0.39, 0.29) is 6.10 Å². The number of aromatic nitrogens is 1. The Morgan fingerprint density at radius 3 is 2.84 bits per heavy atom. The number of rotatable bonds is 13. The topological polar surface area (TPSA) is 71.9 Å². The summed E-state index contributed by atoms with van der Waals surface area (Å²) >= 11 is 0. The SMILES string of the molecule is Cc1ccc(COCC2CC2)c([C@@H](C(=O)O)N2CC[C@@H](OCCCCc3ccc4c(n3)CCCC4)C2)c1. The van der Waals surface area contributed by atoms with Crippen LogP contribution < -0.4 is 0 Å². The second kappa shape index (κ2) is 12.5. The van der Waals surface area contributed by atoms with Gasteiger partial charge in [-0.3, -0.25) is 14.7 Å². The molecule has 1 aliphatic heterocycles. The number of benzene rings is 1. The van der Waals surface area contributed by atoms with Gasteiger partial charge in [0.05, 0.1) is 12.7 Å². The summed E-state index contributed by atoms with van der Waals surface area (Å²) in [6.07, 6.45) is 11.4. The van der Waals surface area contributed by atoms with E-state index >= 15 is 0 Å². The van der Waals surface area contributed by atoms with Gasteiger partial charge in [0.2, 0.25) is 0 Å². The monoisotopic (exact) mass is 506 g/mol. The Hall–Kier alpha value is -2.28. The highest BCUT2D eigenvalue weighted by atomic mass is 16.5. The number of aryl methyl sites for hydroxylation is 4. The molecule has 6 heteroatoms. The molecule has 0 bridgehead atoms. The average molecular weight is 507 g/mol. The molecule has 2 fully saturated rings. The molecule has 0 spiro atoms. The smallest absolute Gasteiger partial charge is 0.325 e. The number of aliphatic carboxylic acids is 1. The van der Waals surface area contributed by atoms with Crippen molar-refractivity contribution in [3.8, 4) is 0 Å². The molecule has 0 radical (unpaired) electrons. The molecule has 5 rings (SSSR count). The van der Waals surface area contributed by atoms with E-state index in [1.54, 1.807) is 0 Å². The summed E-state index contributed by atoms with van der Waals surface area (Å²) in [5.41, 5.74) is 6.87. The van der Waals surface area contributed by atoms with Crippen molar-refractivity contribution >= 4 is 5.97 Å². The van der Waals surface area contributed by atoms with E-state index in [2.05, 4.69) is 17.0 Å². The first-order valence-electron chi connectivity index (χ1n) is 14.3. The Kier molecular flexibility index (Phi) is 8.90. The minimum atomic E-state index is -0.799. The van der Waals surface area contributed by atoms with Crippen molar-refractivity contribution in [2.75, 3.05) is 26.3 Å². The van der Waals surface area contributed by atoms with Gasteiger partial charge in [-0.05, 0) is 99.8 Å². The molecule has 1 saturated heterocycles. The van der Waals surface area contributed by atoms with Crippen LogP contribution in [-0.2, 0) is 40.1 Å². The Morgan fingerprint density at radius 1 is 1.14 bits per heavy atom. The summed E-state index contributed by atoms with van der Waals surface area (Å²) in [4.78, 5) is 19.4. The summed E-state index contributed by atoms with van der Waals surface area (Å²) in [7, 11) is 0. The summed E-state index contributed by atoms with van der Waals surface area (Å²) in [6, 6.07) is 9.92. The first kappa shape index (κ1) is 26.3. The molecule has 6 nitrogen and oxygen atoms in total. The van der Waals surface area contributed by atoms with Crippen molar-refractivity contribution in [3.05, 3.63) is 64.0 Å². The van der Waals surface area contributed by atoms with Crippen molar-refractivity contribution in [2.24, 2.45) is 5.92 Å². The number of ether oxygens (including phenoxy) is 2. The predicted molar refractivity (Wildman–Crippen MR) is 144 cm³/mol. The van der Waals surface area contributed by atoms with Crippen LogP contribution >= 0.6 is 0 Å². The first-order chi connectivity index (χ1) is 18.1. The van der Waals surface area contributed by atoms with Crippen LogP contribution in [0.1, 0.15) is 84.6 Å². The third-order valence-electron chi connectivity index (χ3n) is 8.10. The van der Waals surface area contributed by atoms with Crippen LogP contribution in [0.5, 0.6) is 0 Å². The van der Waals surface area contributed by atoms with Crippen LogP contribution in [0.3, 0.4) is 0 Å². The number of hydrogen-bond acceptors (Lipinski definition) is 5. The van der Waals surface area contributed by atoms with Crippen molar-refractivity contribution in [2.45, 2.75) is 89.9 Å². The maximum absolute atomic E-state index is 12.4. The minimum absolute atomic E-state index is 0.0862. The van der Waals surface area contributed by atoms with Gasteiger partial charge in [0.15, 0.2) is 0 Å². The summed E-state index contributed by atoms with van der Waals surface area (Å²) in [6.45, 7) is 5.37. The number of pyridine rings is 1. The normalized spacial score (nSPS) is 20.6. The van der Waals surface area contributed by atoms with Gasteiger partial charge in [-0.15, -0.1) is 0 Å². The quantitative estimate of drug-likeness (QED) is 0.365. The molecule has 3 aliphatic rings. The zero-order valence-electron chi connectivity index (χ0n) is 22.3. The Labute approximate surface area is 221 Å². The molecular formula is C31H42N2O4. The van der Waals surface area contributed by atoms with Crippen molar-refractivity contribution < 1.29 is 19.4 Å². The van der Waals surface area contributed by atoms with E-state index in [1.165, 1.54) is 49.1 Å². The van der Waals surface area contributed by atoms with Crippen LogP contribution in [0.25, 0.3) is 0 Å². The molecule has 2 atom stereocenters. The second-order valence-corrected chi connectivity index (χ2v) is 11.3. The zero-order valence-corrected chi connectivity index (χ0v) is 22.3. The van der Waals surface area contributed by atoms with E-state index in [0.717, 1.165) is 61.9 Å². The standard InChI is InChI=1S/C31H42N2O4/c1-22-9-12-25(21-36-20-23-10-11-23)28(18-22)30(31(34)35)33-16-15-27(19-33)37-17-5-4-7-26-14-13-24-6-2-3-8-29(24)32-26/h9,12-14,18,23,27,30H,2-8,10-11,15-17,19-21H2,1H3,(H,34,35)/t27-,30+/m1/s1. The molecule has 1 N–H and O–H groups in total. The highest BCUT2D eigenvalue weighted by Gasteiger charge is 2.35. The molecule has 1 saturated carbocycles. The van der Waals surface area contributed by atoms with Gasteiger partial charge in [-0.25, -0.2) is 0 Å². The Bertz CT molecular complexity index is 1070. The van der Waals surface area contributed by atoms with Crippen LogP contribution in [0, 0.1) is 12.8 Å². The van der Waals surface area contributed by atoms with E-state index in [0.29, 0.717) is 25.7 Å². The average Bonchev–Trinajstić information content (AvgIpc) is 3.61. The molecule has 0 amide bonds. The molecule has 1 aromatic carbocycles. The molecule has 1 aromatic heterocycles. The third kappa shape index (κ3) is 7.18. The van der Waals surface area contributed by atoms with Gasteiger partial charge in [-0.1, -0.05) is 29.8 Å². The van der Waals surface area contributed by atoms with Gasteiger partial charge in [0.1, 0.15) is 6.04 Å². The van der Waals surface area contributed by atoms with E-state index in [4.69, 9.17) is 14.5 Å². The highest BCUT2D eigenvalue weighted by molar-refractivity contribution is 5.76. The minimum Gasteiger partial charge on any atom is -0.480 e. The fraction of sp³-hybridized carbons (Fsp3) is 0.613. The zero-order chi connectivity index (χ0) is 25.6. The van der Waals surface area contributed by atoms with Gasteiger partial charge >= 0.3 is 5.97 Å². The van der Waals surface area contributed by atoms with E-state index in [9.17, 15) is 9.90 Å². The largest absolute Gasteiger partial charge is 0.480 e. The Balaban J connectivity index is 1.10. The number of carboxylic acid groups (broad SMARTS) is 1. The highest BCUT2D eigenvalue weighted by Crippen LogP contribution is 2.32.